The van der Waals surface area contributed by atoms with Crippen molar-refractivity contribution >= 4 is 29.0 Å². The van der Waals surface area contributed by atoms with Crippen molar-refractivity contribution in [3.05, 3.63) is 107 Å². The minimum absolute atomic E-state index is 0.194. The van der Waals surface area contributed by atoms with E-state index in [9.17, 15) is 14.4 Å². The number of nitrogens with one attached hydrogen (secondary N) is 1. The zero-order chi connectivity index (χ0) is 28.6. The van der Waals surface area contributed by atoms with Gasteiger partial charge in [-0.1, -0.05) is 72.8 Å². The Kier molecular flexibility index (Phi) is 9.14. The van der Waals surface area contributed by atoms with Gasteiger partial charge < -0.3 is 19.9 Å². The van der Waals surface area contributed by atoms with Crippen LogP contribution in [0.4, 0.5) is 5.69 Å². The summed E-state index contributed by atoms with van der Waals surface area (Å²) in [6.07, 6.45) is 2.73. The van der Waals surface area contributed by atoms with Gasteiger partial charge in [0.25, 0.3) is 11.8 Å². The van der Waals surface area contributed by atoms with Crippen molar-refractivity contribution in [2.45, 2.75) is 39.2 Å². The zero-order valence-corrected chi connectivity index (χ0v) is 23.6. The first kappa shape index (κ1) is 28.1. The summed E-state index contributed by atoms with van der Waals surface area (Å²) in [5.74, 6) is -0.861. The Morgan fingerprint density at radius 2 is 1.54 bits per heavy atom. The maximum atomic E-state index is 14.3. The summed E-state index contributed by atoms with van der Waals surface area (Å²) >= 11 is 0. The lowest BCUT2D eigenvalue weighted by molar-refractivity contribution is -0.150. The number of likely N-dealkylation sites (tertiary alicyclic amines) is 1. The van der Waals surface area contributed by atoms with E-state index in [1.165, 1.54) is 5.56 Å². The number of fused-ring (bicyclic) bond motifs is 1. The molecule has 1 saturated heterocycles. The highest BCUT2D eigenvalue weighted by Crippen LogP contribution is 2.37. The van der Waals surface area contributed by atoms with Crippen LogP contribution >= 0.6 is 0 Å². The van der Waals surface area contributed by atoms with Crippen LogP contribution in [-0.4, -0.2) is 48.9 Å². The molecule has 7 nitrogen and oxygen atoms in total. The van der Waals surface area contributed by atoms with E-state index in [0.717, 1.165) is 29.7 Å². The Balaban J connectivity index is 1.45. The number of nitrogens with zero attached hydrogens (tertiary/aromatic N) is 2. The van der Waals surface area contributed by atoms with E-state index in [0.29, 0.717) is 56.9 Å². The van der Waals surface area contributed by atoms with Gasteiger partial charge >= 0.3 is 5.97 Å². The number of hydrogen-bond donors (Lipinski definition) is 1. The van der Waals surface area contributed by atoms with Crippen LogP contribution in [0.25, 0.3) is 5.57 Å². The highest BCUT2D eigenvalue weighted by molar-refractivity contribution is 6.27. The zero-order valence-electron chi connectivity index (χ0n) is 23.6. The molecule has 2 aliphatic rings. The lowest BCUT2D eigenvalue weighted by Crippen LogP contribution is -2.46. The predicted molar refractivity (Wildman–Crippen MR) is 160 cm³/mol. The van der Waals surface area contributed by atoms with Crippen molar-refractivity contribution in [1.29, 1.82) is 0 Å². The van der Waals surface area contributed by atoms with Crippen molar-refractivity contribution in [2.24, 2.45) is 5.92 Å². The first-order valence-corrected chi connectivity index (χ1v) is 14.5. The van der Waals surface area contributed by atoms with Crippen molar-refractivity contribution in [3.63, 3.8) is 0 Å². The number of anilines is 1. The molecule has 0 aliphatic carbocycles. The Morgan fingerprint density at radius 3 is 2.24 bits per heavy atom. The lowest BCUT2D eigenvalue weighted by atomic mass is 9.90. The number of piperidine rings is 1. The third-order valence-corrected chi connectivity index (χ3v) is 7.79. The number of esters is 1. The number of amides is 2. The topological polar surface area (TPSA) is 78.9 Å². The number of para-hydroxylation sites is 1. The number of rotatable bonds is 9. The summed E-state index contributed by atoms with van der Waals surface area (Å²) < 4.78 is 5.22. The highest BCUT2D eigenvalue weighted by atomic mass is 16.5. The second-order valence-corrected chi connectivity index (χ2v) is 10.5. The molecule has 0 unspecified atom stereocenters. The maximum absolute atomic E-state index is 14.3. The van der Waals surface area contributed by atoms with E-state index in [4.69, 9.17) is 4.74 Å². The minimum atomic E-state index is -0.254. The Bertz CT molecular complexity index is 1400. The number of ether oxygens (including phenoxy) is 1. The normalized spacial score (nSPS) is 15.3. The second kappa shape index (κ2) is 13.3. The average Bonchev–Trinajstić information content (AvgIpc) is 3.03. The fourth-order valence-corrected chi connectivity index (χ4v) is 5.65. The molecule has 1 fully saturated rings. The van der Waals surface area contributed by atoms with Gasteiger partial charge in [-0.05, 0) is 61.4 Å². The average molecular weight is 552 g/mol. The van der Waals surface area contributed by atoms with Gasteiger partial charge in [0, 0.05) is 31.9 Å². The molecule has 0 spiro atoms. The fraction of sp³-hybridized carbons (Fsp3) is 0.324. The van der Waals surface area contributed by atoms with Gasteiger partial charge in [0.2, 0.25) is 0 Å². The van der Waals surface area contributed by atoms with Crippen LogP contribution in [0.5, 0.6) is 0 Å². The number of carbonyl (C=O) groups excluding carboxylic acids is 3. The van der Waals surface area contributed by atoms with Gasteiger partial charge in [-0.2, -0.15) is 0 Å². The Hall–Kier alpha value is -4.39. The van der Waals surface area contributed by atoms with Gasteiger partial charge in [0.15, 0.2) is 0 Å². The number of hydrogen-bond acceptors (Lipinski definition) is 5. The molecular weight excluding hydrogens is 514 g/mol. The first-order valence-electron chi connectivity index (χ1n) is 14.5. The molecule has 2 heterocycles. The number of benzene rings is 3. The molecule has 1 N–H and O–H groups in total. The van der Waals surface area contributed by atoms with Gasteiger partial charge in [-0.25, -0.2) is 0 Å². The Labute approximate surface area is 241 Å². The molecule has 41 heavy (non-hydrogen) atoms. The van der Waals surface area contributed by atoms with Gasteiger partial charge in [-0.3, -0.25) is 14.4 Å². The predicted octanol–water partition coefficient (Wildman–Crippen LogP) is 4.97. The van der Waals surface area contributed by atoms with E-state index < -0.39 is 0 Å². The van der Waals surface area contributed by atoms with Crippen molar-refractivity contribution in [3.8, 4) is 0 Å². The molecule has 5 rings (SSSR count). The number of aryl methyl sites for hydroxylation is 1. The molecule has 212 valence electrons. The van der Waals surface area contributed by atoms with Crippen molar-refractivity contribution < 1.29 is 19.1 Å². The fourth-order valence-electron chi connectivity index (χ4n) is 5.65. The monoisotopic (exact) mass is 551 g/mol. The molecule has 2 aliphatic heterocycles. The van der Waals surface area contributed by atoms with Gasteiger partial charge in [0.05, 0.1) is 18.1 Å². The number of carbonyl (C=O) groups is 3. The van der Waals surface area contributed by atoms with Gasteiger partial charge in [-0.15, -0.1) is 0 Å². The summed E-state index contributed by atoms with van der Waals surface area (Å²) in [4.78, 5) is 44.3. The molecule has 3 aromatic carbocycles. The van der Waals surface area contributed by atoms with Crippen LogP contribution in [-0.2, 0) is 32.1 Å². The van der Waals surface area contributed by atoms with Crippen molar-refractivity contribution in [2.75, 3.05) is 31.1 Å². The van der Waals surface area contributed by atoms with Crippen molar-refractivity contribution in [1.82, 2.24) is 10.2 Å². The summed E-state index contributed by atoms with van der Waals surface area (Å²) in [5.41, 5.74) is 4.62. The third kappa shape index (κ3) is 6.51. The van der Waals surface area contributed by atoms with E-state index >= 15 is 0 Å². The highest BCUT2D eigenvalue weighted by Gasteiger charge is 2.37. The third-order valence-electron chi connectivity index (χ3n) is 7.79. The molecule has 3 aromatic rings. The maximum Gasteiger partial charge on any atom is 0.309 e. The summed E-state index contributed by atoms with van der Waals surface area (Å²) in [5, 5.41) is 3.10. The summed E-state index contributed by atoms with van der Waals surface area (Å²) in [6.45, 7) is 3.99. The molecule has 2 amide bonds. The summed E-state index contributed by atoms with van der Waals surface area (Å²) in [7, 11) is 0. The SMILES string of the molecule is CCOC(=O)C1CCN(C(=O)C2=C(C(=O)NCCCc3ccccc3)c3ccccc3CN2c2ccccc2)CC1. The molecular formula is C34H37N3O4. The summed E-state index contributed by atoms with van der Waals surface area (Å²) in [6, 6.07) is 27.7. The largest absolute Gasteiger partial charge is 0.466 e. The molecule has 0 saturated carbocycles. The first-order chi connectivity index (χ1) is 20.1. The van der Waals surface area contributed by atoms with Crippen LogP contribution in [0, 0.1) is 5.92 Å². The van der Waals surface area contributed by atoms with Crippen LogP contribution < -0.4 is 10.2 Å². The van der Waals surface area contributed by atoms with Crippen LogP contribution in [0.15, 0.2) is 90.6 Å². The Morgan fingerprint density at radius 1 is 0.878 bits per heavy atom. The quantitative estimate of drug-likeness (QED) is 0.300. The second-order valence-electron chi connectivity index (χ2n) is 10.5. The minimum Gasteiger partial charge on any atom is -0.466 e. The van der Waals surface area contributed by atoms with Gasteiger partial charge in [0.1, 0.15) is 5.70 Å². The standard InChI is InChI=1S/C34H37N3O4/c1-2-41-34(40)26-19-22-36(23-20-26)33(39)31-30(32(38)35-21-11-14-25-12-5-3-6-13-25)29-18-10-9-15-27(29)24-37(31)28-16-7-4-8-17-28/h3-10,12-13,15-18,26H,2,11,14,19-24H2,1H3,(H,35,38). The molecule has 0 bridgehead atoms. The van der Waals surface area contributed by atoms with E-state index in [2.05, 4.69) is 17.4 Å². The van der Waals surface area contributed by atoms with Crippen LogP contribution in [0.3, 0.4) is 0 Å². The van der Waals surface area contributed by atoms with Crippen LogP contribution in [0.2, 0.25) is 0 Å². The molecule has 0 atom stereocenters. The van der Waals surface area contributed by atoms with E-state index in [1.807, 2.05) is 77.7 Å². The molecule has 0 aromatic heterocycles. The van der Waals surface area contributed by atoms with E-state index in [-0.39, 0.29) is 23.7 Å². The molecule has 7 heteroatoms. The smallest absolute Gasteiger partial charge is 0.309 e. The molecule has 0 radical (unpaired) electrons. The van der Waals surface area contributed by atoms with Crippen LogP contribution in [0.1, 0.15) is 42.9 Å². The lowest BCUT2D eigenvalue weighted by Gasteiger charge is -2.38. The van der Waals surface area contributed by atoms with E-state index in [1.54, 1.807) is 11.8 Å².